The summed E-state index contributed by atoms with van der Waals surface area (Å²) in [5, 5.41) is 11.1. The second-order valence-corrected chi connectivity index (χ2v) is 6.05. The summed E-state index contributed by atoms with van der Waals surface area (Å²) in [5.74, 6) is 0.658. The Balaban J connectivity index is 1.69. The molecule has 1 aliphatic heterocycles. The number of aromatic hydroxyl groups is 1. The molecule has 0 bridgehead atoms. The standard InChI is InChI=1S/C15H19N3O2S/c16-15(17-5-6-18-7-9-20-10-8-18)14-13(19)11-3-1-2-4-12(11)21-14/h1-4,19H,5-10H2,(H2,16,17). The number of morpholine rings is 1. The van der Waals surface area contributed by atoms with Gasteiger partial charge >= 0.3 is 0 Å². The summed E-state index contributed by atoms with van der Waals surface area (Å²) >= 11 is 1.48. The SMILES string of the molecule is NC(=NCCN1CCOCC1)c1sc2ccccc2c1O. The van der Waals surface area contributed by atoms with Crippen molar-refractivity contribution in [2.24, 2.45) is 10.7 Å². The van der Waals surface area contributed by atoms with Gasteiger partial charge in [0.1, 0.15) is 16.5 Å². The molecule has 3 N–H and O–H groups in total. The average molecular weight is 305 g/mol. The molecule has 3 rings (SSSR count). The maximum Gasteiger partial charge on any atom is 0.145 e. The molecule has 0 radical (unpaired) electrons. The smallest absolute Gasteiger partial charge is 0.145 e. The van der Waals surface area contributed by atoms with Gasteiger partial charge in [-0.25, -0.2) is 0 Å². The van der Waals surface area contributed by atoms with Crippen molar-refractivity contribution in [2.75, 3.05) is 39.4 Å². The first kappa shape index (κ1) is 14.3. The molecule has 1 fully saturated rings. The Labute approximate surface area is 127 Å². The number of ether oxygens (including phenoxy) is 1. The van der Waals surface area contributed by atoms with E-state index in [9.17, 15) is 5.11 Å². The van der Waals surface area contributed by atoms with E-state index in [0.717, 1.165) is 42.9 Å². The molecule has 21 heavy (non-hydrogen) atoms. The van der Waals surface area contributed by atoms with Crippen molar-refractivity contribution >= 4 is 27.3 Å². The summed E-state index contributed by atoms with van der Waals surface area (Å²) in [4.78, 5) is 7.38. The number of nitrogens with zero attached hydrogens (tertiary/aromatic N) is 2. The highest BCUT2D eigenvalue weighted by Gasteiger charge is 2.14. The molecule has 5 nitrogen and oxygen atoms in total. The highest BCUT2D eigenvalue weighted by atomic mass is 32.1. The van der Waals surface area contributed by atoms with Gasteiger partial charge in [0.2, 0.25) is 0 Å². The van der Waals surface area contributed by atoms with Crippen molar-refractivity contribution in [1.82, 2.24) is 4.90 Å². The number of benzene rings is 1. The van der Waals surface area contributed by atoms with Crippen LogP contribution in [-0.4, -0.2) is 55.2 Å². The van der Waals surface area contributed by atoms with E-state index in [0.29, 0.717) is 17.3 Å². The molecule has 2 heterocycles. The van der Waals surface area contributed by atoms with Crippen LogP contribution in [0.3, 0.4) is 0 Å². The van der Waals surface area contributed by atoms with Crippen LogP contribution in [0.5, 0.6) is 5.75 Å². The fourth-order valence-corrected chi connectivity index (χ4v) is 3.43. The summed E-state index contributed by atoms with van der Waals surface area (Å²) in [7, 11) is 0. The zero-order valence-electron chi connectivity index (χ0n) is 11.8. The zero-order chi connectivity index (χ0) is 14.7. The number of thiophene rings is 1. The van der Waals surface area contributed by atoms with Crippen molar-refractivity contribution < 1.29 is 9.84 Å². The van der Waals surface area contributed by atoms with E-state index in [1.165, 1.54) is 11.3 Å². The first-order chi connectivity index (χ1) is 10.3. The van der Waals surface area contributed by atoms with Crippen molar-refractivity contribution in [1.29, 1.82) is 0 Å². The van der Waals surface area contributed by atoms with Crippen LogP contribution in [0.4, 0.5) is 0 Å². The number of fused-ring (bicyclic) bond motifs is 1. The van der Waals surface area contributed by atoms with E-state index in [1.807, 2.05) is 24.3 Å². The number of aliphatic imine (C=N–C) groups is 1. The quantitative estimate of drug-likeness (QED) is 0.665. The molecule has 0 unspecified atom stereocenters. The van der Waals surface area contributed by atoms with Crippen LogP contribution in [0.1, 0.15) is 4.88 Å². The summed E-state index contributed by atoms with van der Waals surface area (Å²) in [6, 6.07) is 7.73. The Morgan fingerprint density at radius 1 is 1.33 bits per heavy atom. The van der Waals surface area contributed by atoms with Gasteiger partial charge in [-0.1, -0.05) is 12.1 Å². The van der Waals surface area contributed by atoms with Crippen LogP contribution < -0.4 is 5.73 Å². The van der Waals surface area contributed by atoms with E-state index < -0.39 is 0 Å². The van der Waals surface area contributed by atoms with Crippen LogP contribution in [0.2, 0.25) is 0 Å². The van der Waals surface area contributed by atoms with Crippen LogP contribution in [-0.2, 0) is 4.74 Å². The molecule has 1 aromatic carbocycles. The number of hydrogen-bond donors (Lipinski definition) is 2. The Morgan fingerprint density at radius 3 is 2.86 bits per heavy atom. The fraction of sp³-hybridized carbons (Fsp3) is 0.400. The molecule has 0 saturated carbocycles. The summed E-state index contributed by atoms with van der Waals surface area (Å²) in [6.45, 7) is 4.98. The van der Waals surface area contributed by atoms with Crippen LogP contribution >= 0.6 is 11.3 Å². The van der Waals surface area contributed by atoms with Crippen LogP contribution in [0.15, 0.2) is 29.3 Å². The Hall–Kier alpha value is -1.63. The van der Waals surface area contributed by atoms with E-state index in [2.05, 4.69) is 9.89 Å². The minimum atomic E-state index is 0.239. The zero-order valence-corrected chi connectivity index (χ0v) is 12.6. The second kappa shape index (κ2) is 6.43. The first-order valence-electron chi connectivity index (χ1n) is 7.06. The lowest BCUT2D eigenvalue weighted by Crippen LogP contribution is -2.37. The molecular formula is C15H19N3O2S. The molecule has 112 valence electrons. The van der Waals surface area contributed by atoms with Gasteiger partial charge in [0, 0.05) is 29.7 Å². The van der Waals surface area contributed by atoms with E-state index in [4.69, 9.17) is 10.5 Å². The van der Waals surface area contributed by atoms with Gasteiger partial charge in [-0.2, -0.15) is 0 Å². The molecule has 0 aliphatic carbocycles. The lowest BCUT2D eigenvalue weighted by molar-refractivity contribution is 0.0394. The summed E-state index contributed by atoms with van der Waals surface area (Å²) in [6.07, 6.45) is 0. The summed E-state index contributed by atoms with van der Waals surface area (Å²) in [5.41, 5.74) is 6.03. The summed E-state index contributed by atoms with van der Waals surface area (Å²) < 4.78 is 6.34. The Morgan fingerprint density at radius 2 is 2.10 bits per heavy atom. The van der Waals surface area contributed by atoms with Crippen molar-refractivity contribution in [2.45, 2.75) is 0 Å². The average Bonchev–Trinajstić information content (AvgIpc) is 2.86. The lowest BCUT2D eigenvalue weighted by Gasteiger charge is -2.25. The van der Waals surface area contributed by atoms with E-state index >= 15 is 0 Å². The van der Waals surface area contributed by atoms with Crippen molar-refractivity contribution in [3.63, 3.8) is 0 Å². The van der Waals surface area contributed by atoms with Gasteiger partial charge < -0.3 is 15.6 Å². The molecule has 0 amide bonds. The maximum absolute atomic E-state index is 10.2. The van der Waals surface area contributed by atoms with Gasteiger partial charge in [-0.15, -0.1) is 11.3 Å². The van der Waals surface area contributed by atoms with E-state index in [-0.39, 0.29) is 5.75 Å². The molecule has 1 saturated heterocycles. The van der Waals surface area contributed by atoms with Gasteiger partial charge in [0.05, 0.1) is 19.8 Å². The molecule has 6 heteroatoms. The normalized spacial score (nSPS) is 17.4. The van der Waals surface area contributed by atoms with Crippen molar-refractivity contribution in [3.05, 3.63) is 29.1 Å². The van der Waals surface area contributed by atoms with Gasteiger partial charge in [-0.3, -0.25) is 9.89 Å². The van der Waals surface area contributed by atoms with E-state index in [1.54, 1.807) is 0 Å². The maximum atomic E-state index is 10.2. The second-order valence-electron chi connectivity index (χ2n) is 5.00. The minimum Gasteiger partial charge on any atom is -0.506 e. The molecule has 0 atom stereocenters. The van der Waals surface area contributed by atoms with Gasteiger partial charge in [0.15, 0.2) is 0 Å². The van der Waals surface area contributed by atoms with Gasteiger partial charge in [0.25, 0.3) is 0 Å². The lowest BCUT2D eigenvalue weighted by atomic mass is 10.2. The Bertz CT molecular complexity index is 647. The third kappa shape index (κ3) is 3.18. The minimum absolute atomic E-state index is 0.239. The first-order valence-corrected chi connectivity index (χ1v) is 7.88. The number of nitrogens with two attached hydrogens (primary N) is 1. The van der Waals surface area contributed by atoms with Gasteiger partial charge in [-0.05, 0) is 12.1 Å². The Kier molecular flexibility index (Phi) is 4.38. The predicted octanol–water partition coefficient (Wildman–Crippen LogP) is 1.64. The van der Waals surface area contributed by atoms with Crippen LogP contribution in [0.25, 0.3) is 10.1 Å². The molecule has 2 aromatic rings. The molecule has 0 spiro atoms. The third-order valence-electron chi connectivity index (χ3n) is 3.60. The predicted molar refractivity (Wildman–Crippen MR) is 86.3 cm³/mol. The molecule has 1 aliphatic rings. The fourth-order valence-electron chi connectivity index (χ4n) is 2.41. The number of amidine groups is 1. The third-order valence-corrected chi connectivity index (χ3v) is 4.79. The highest BCUT2D eigenvalue weighted by molar-refractivity contribution is 7.21. The topological polar surface area (TPSA) is 71.1 Å². The highest BCUT2D eigenvalue weighted by Crippen LogP contribution is 2.36. The molecule has 1 aromatic heterocycles. The monoisotopic (exact) mass is 305 g/mol. The largest absolute Gasteiger partial charge is 0.506 e. The number of rotatable bonds is 4. The number of hydrogen-bond acceptors (Lipinski definition) is 5. The molecular weight excluding hydrogens is 286 g/mol. The van der Waals surface area contributed by atoms with Crippen LogP contribution in [0, 0.1) is 0 Å². The van der Waals surface area contributed by atoms with Crippen molar-refractivity contribution in [3.8, 4) is 5.75 Å².